The smallest absolute Gasteiger partial charge is 0.334 e. The van der Waals surface area contributed by atoms with Crippen LogP contribution < -0.4 is 0 Å². The van der Waals surface area contributed by atoms with Crippen molar-refractivity contribution in [1.82, 2.24) is 0 Å². The lowest BCUT2D eigenvalue weighted by molar-refractivity contribution is -0.139. The minimum Gasteiger partial charge on any atom is -0.462 e. The van der Waals surface area contributed by atoms with Gasteiger partial charge >= 0.3 is 5.97 Å². The third kappa shape index (κ3) is 9.76. The van der Waals surface area contributed by atoms with E-state index in [1.807, 2.05) is 6.92 Å². The summed E-state index contributed by atoms with van der Waals surface area (Å²) in [5, 5.41) is 0. The third-order valence-electron chi connectivity index (χ3n) is 4.51. The molecule has 0 aliphatic rings. The number of aryl methyl sites for hydroxylation is 1. The molecule has 0 unspecified atom stereocenters. The van der Waals surface area contributed by atoms with Crippen molar-refractivity contribution < 1.29 is 17.9 Å². The van der Waals surface area contributed by atoms with Crippen molar-refractivity contribution in [2.24, 2.45) is 0 Å². The maximum absolute atomic E-state index is 12.3. The van der Waals surface area contributed by atoms with Crippen molar-refractivity contribution in [3.8, 4) is 0 Å². The van der Waals surface area contributed by atoms with Crippen molar-refractivity contribution >= 4 is 15.8 Å². The van der Waals surface area contributed by atoms with Crippen LogP contribution in [0.3, 0.4) is 0 Å². The number of hydrogen-bond donors (Lipinski definition) is 0. The molecule has 0 amide bonds. The molecule has 0 N–H and O–H groups in total. The first-order valence-electron chi connectivity index (χ1n) is 10.0. The van der Waals surface area contributed by atoms with Crippen molar-refractivity contribution in [1.29, 1.82) is 0 Å². The molecule has 0 bridgehead atoms. The molecule has 0 spiro atoms. The standard InChI is InChI=1S/C22H34O4S/c1-4-5-6-7-8-9-10-11-12-17-26-22(23)20(3)18-27(24,25)21-15-13-19(2)14-16-21/h13-16H,3-12,17-18H2,1-2H3. The van der Waals surface area contributed by atoms with E-state index in [4.69, 9.17) is 4.74 Å². The zero-order chi connectivity index (χ0) is 20.1. The van der Waals surface area contributed by atoms with Gasteiger partial charge in [-0.05, 0) is 25.5 Å². The van der Waals surface area contributed by atoms with Crippen molar-refractivity contribution in [2.75, 3.05) is 12.4 Å². The van der Waals surface area contributed by atoms with Crippen molar-refractivity contribution in [3.63, 3.8) is 0 Å². The summed E-state index contributed by atoms with van der Waals surface area (Å²) in [6, 6.07) is 6.56. The highest BCUT2D eigenvalue weighted by Gasteiger charge is 2.20. The lowest BCUT2D eigenvalue weighted by atomic mass is 10.1. The Morgan fingerprint density at radius 1 is 0.926 bits per heavy atom. The van der Waals surface area contributed by atoms with Gasteiger partial charge in [0.2, 0.25) is 0 Å². The quantitative estimate of drug-likeness (QED) is 0.241. The number of benzene rings is 1. The molecule has 0 heterocycles. The Bertz CT molecular complexity index is 675. The number of ether oxygens (including phenoxy) is 1. The summed E-state index contributed by atoms with van der Waals surface area (Å²) >= 11 is 0. The van der Waals surface area contributed by atoms with Crippen LogP contribution in [0.4, 0.5) is 0 Å². The second kappa shape index (κ2) is 12.7. The Morgan fingerprint density at radius 2 is 1.44 bits per heavy atom. The highest BCUT2D eigenvalue weighted by Crippen LogP contribution is 2.15. The van der Waals surface area contributed by atoms with Crippen LogP contribution in [-0.2, 0) is 19.4 Å². The van der Waals surface area contributed by atoms with Gasteiger partial charge in [-0.25, -0.2) is 13.2 Å². The Labute approximate surface area is 164 Å². The van der Waals surface area contributed by atoms with Gasteiger partial charge in [-0.2, -0.15) is 0 Å². The summed E-state index contributed by atoms with van der Waals surface area (Å²) in [6.07, 6.45) is 10.7. The van der Waals surface area contributed by atoms with Crippen LogP contribution in [0.15, 0.2) is 41.3 Å². The predicted molar refractivity (Wildman–Crippen MR) is 111 cm³/mol. The molecule has 0 atom stereocenters. The molecular weight excluding hydrogens is 360 g/mol. The minimum atomic E-state index is -3.57. The summed E-state index contributed by atoms with van der Waals surface area (Å²) in [5.74, 6) is -1.03. The van der Waals surface area contributed by atoms with E-state index < -0.39 is 21.6 Å². The first-order chi connectivity index (χ1) is 12.9. The van der Waals surface area contributed by atoms with Gasteiger partial charge in [-0.15, -0.1) is 0 Å². The van der Waals surface area contributed by atoms with Gasteiger partial charge in [-0.3, -0.25) is 0 Å². The normalized spacial score (nSPS) is 11.3. The lowest BCUT2D eigenvalue weighted by Gasteiger charge is -2.08. The number of hydrogen-bond acceptors (Lipinski definition) is 4. The molecular formula is C22H34O4S. The predicted octanol–water partition coefficient (Wildman–Crippen LogP) is 5.40. The SMILES string of the molecule is C=C(CS(=O)(=O)c1ccc(C)cc1)C(=O)OCCCCCCCCCCC. The van der Waals surface area contributed by atoms with E-state index in [1.165, 1.54) is 38.5 Å². The van der Waals surface area contributed by atoms with E-state index in [-0.39, 0.29) is 10.5 Å². The highest BCUT2D eigenvalue weighted by atomic mass is 32.2. The number of rotatable bonds is 14. The molecule has 0 radical (unpaired) electrons. The van der Waals surface area contributed by atoms with Crippen LogP contribution in [0.1, 0.15) is 70.3 Å². The molecule has 0 aliphatic carbocycles. The number of esters is 1. The topological polar surface area (TPSA) is 60.4 Å². The van der Waals surface area contributed by atoms with Gasteiger partial charge in [0.1, 0.15) is 0 Å². The van der Waals surface area contributed by atoms with Crippen LogP contribution in [0.25, 0.3) is 0 Å². The number of carbonyl (C=O) groups is 1. The summed E-state index contributed by atoms with van der Waals surface area (Å²) in [5.41, 5.74) is 0.958. The average Bonchev–Trinajstić information content (AvgIpc) is 2.63. The summed E-state index contributed by atoms with van der Waals surface area (Å²) < 4.78 is 29.8. The van der Waals surface area contributed by atoms with Crippen LogP contribution in [0.5, 0.6) is 0 Å². The van der Waals surface area contributed by atoms with E-state index in [1.54, 1.807) is 24.3 Å². The summed E-state index contributed by atoms with van der Waals surface area (Å²) in [4.78, 5) is 12.2. The lowest BCUT2D eigenvalue weighted by Crippen LogP contribution is -2.17. The van der Waals surface area contributed by atoms with Crippen LogP contribution in [0.2, 0.25) is 0 Å². The van der Waals surface area contributed by atoms with Gasteiger partial charge in [0.25, 0.3) is 0 Å². The fourth-order valence-corrected chi connectivity index (χ4v) is 4.09. The van der Waals surface area contributed by atoms with Gasteiger partial charge in [-0.1, -0.05) is 82.6 Å². The molecule has 0 saturated carbocycles. The molecule has 1 aromatic rings. The maximum atomic E-state index is 12.3. The molecule has 0 saturated heterocycles. The monoisotopic (exact) mass is 394 g/mol. The second-order valence-corrected chi connectivity index (χ2v) is 9.13. The number of carbonyl (C=O) groups excluding carboxylic acids is 1. The van der Waals surface area contributed by atoms with Crippen LogP contribution in [-0.4, -0.2) is 26.7 Å². The van der Waals surface area contributed by atoms with Gasteiger partial charge in [0, 0.05) is 5.57 Å². The number of sulfone groups is 1. The van der Waals surface area contributed by atoms with E-state index in [2.05, 4.69) is 13.5 Å². The average molecular weight is 395 g/mol. The van der Waals surface area contributed by atoms with Crippen LogP contribution in [0, 0.1) is 6.92 Å². The molecule has 5 heteroatoms. The van der Waals surface area contributed by atoms with Gasteiger partial charge < -0.3 is 4.74 Å². The fraction of sp³-hybridized carbons (Fsp3) is 0.591. The Morgan fingerprint density at radius 3 is 2.00 bits per heavy atom. The Hall–Kier alpha value is -1.62. The molecule has 27 heavy (non-hydrogen) atoms. The summed E-state index contributed by atoms with van der Waals surface area (Å²) in [6.45, 7) is 8.01. The second-order valence-electron chi connectivity index (χ2n) is 7.14. The van der Waals surface area contributed by atoms with E-state index in [0.717, 1.165) is 24.8 Å². The fourth-order valence-electron chi connectivity index (χ4n) is 2.80. The molecule has 152 valence electrons. The first kappa shape index (κ1) is 23.4. The molecule has 4 nitrogen and oxygen atoms in total. The molecule has 1 aromatic carbocycles. The first-order valence-corrected chi connectivity index (χ1v) is 11.7. The van der Waals surface area contributed by atoms with E-state index >= 15 is 0 Å². The largest absolute Gasteiger partial charge is 0.462 e. The number of unbranched alkanes of at least 4 members (excludes halogenated alkanes) is 8. The molecule has 0 fully saturated rings. The zero-order valence-corrected chi connectivity index (χ0v) is 17.7. The van der Waals surface area contributed by atoms with E-state index in [0.29, 0.717) is 6.61 Å². The minimum absolute atomic E-state index is 0.0218. The molecule has 0 aromatic heterocycles. The van der Waals surface area contributed by atoms with E-state index in [9.17, 15) is 13.2 Å². The Balaban J connectivity index is 2.21. The van der Waals surface area contributed by atoms with Crippen LogP contribution >= 0.6 is 0 Å². The Kier molecular flexibility index (Phi) is 11.0. The van der Waals surface area contributed by atoms with Crippen molar-refractivity contribution in [2.45, 2.75) is 76.5 Å². The van der Waals surface area contributed by atoms with Gasteiger partial charge in [0.15, 0.2) is 9.84 Å². The molecule has 1 rings (SSSR count). The van der Waals surface area contributed by atoms with Gasteiger partial charge in [0.05, 0.1) is 17.3 Å². The third-order valence-corrected chi connectivity index (χ3v) is 6.23. The van der Waals surface area contributed by atoms with Crippen molar-refractivity contribution in [3.05, 3.63) is 42.0 Å². The summed E-state index contributed by atoms with van der Waals surface area (Å²) in [7, 11) is -3.57. The molecule has 0 aliphatic heterocycles. The maximum Gasteiger partial charge on any atom is 0.334 e. The zero-order valence-electron chi connectivity index (χ0n) is 16.8. The highest BCUT2D eigenvalue weighted by molar-refractivity contribution is 7.91.